The molecule has 0 unspecified atom stereocenters. The molecule has 9 nitrogen and oxygen atoms in total. The zero-order valence-corrected chi connectivity index (χ0v) is 23.7. The minimum Gasteiger partial charge on any atom is -0.386 e. The van der Waals surface area contributed by atoms with Crippen molar-refractivity contribution in [3.8, 4) is 0 Å². The Morgan fingerprint density at radius 2 is 1.78 bits per heavy atom. The summed E-state index contributed by atoms with van der Waals surface area (Å²) in [6, 6.07) is 10.5. The van der Waals surface area contributed by atoms with Crippen LogP contribution in [0.3, 0.4) is 0 Å². The number of allylic oxidation sites excluding steroid dienone is 4. The van der Waals surface area contributed by atoms with Crippen LogP contribution < -0.4 is 5.32 Å². The van der Waals surface area contributed by atoms with Crippen molar-refractivity contribution in [3.05, 3.63) is 87.1 Å². The zero-order valence-electron chi connectivity index (χ0n) is 22.9. The molecule has 1 fully saturated rings. The fraction of sp³-hybridized carbons (Fsp3) is 0.355. The van der Waals surface area contributed by atoms with Gasteiger partial charge in [0.25, 0.3) is 11.8 Å². The second-order valence-corrected chi connectivity index (χ2v) is 11.4. The number of imide groups is 1. The Morgan fingerprint density at radius 3 is 2.54 bits per heavy atom. The summed E-state index contributed by atoms with van der Waals surface area (Å²) in [5.74, 6) is -0.621. The van der Waals surface area contributed by atoms with Crippen molar-refractivity contribution in [1.82, 2.24) is 14.7 Å². The van der Waals surface area contributed by atoms with Gasteiger partial charge in [-0.3, -0.25) is 29.2 Å². The van der Waals surface area contributed by atoms with Gasteiger partial charge in [-0.05, 0) is 48.5 Å². The SMILES string of the molecule is CN1CCN(CCN2C(=O)c3cc4c(cc3C2=O)NC(=C2C(=O)CC=CC2=NC[C@@H](O)c2cccc(Cl)c2)C4)CC1. The van der Waals surface area contributed by atoms with Crippen LogP contribution in [0.1, 0.15) is 44.4 Å². The lowest BCUT2D eigenvalue weighted by Gasteiger charge is -2.33. The van der Waals surface area contributed by atoms with Gasteiger partial charge >= 0.3 is 0 Å². The van der Waals surface area contributed by atoms with Crippen LogP contribution in [0, 0.1) is 0 Å². The van der Waals surface area contributed by atoms with Gasteiger partial charge in [-0.25, -0.2) is 0 Å². The molecule has 6 rings (SSSR count). The number of carbonyl (C=O) groups is 3. The summed E-state index contributed by atoms with van der Waals surface area (Å²) in [6.07, 6.45) is 3.36. The third-order valence-corrected chi connectivity index (χ3v) is 8.40. The summed E-state index contributed by atoms with van der Waals surface area (Å²) in [7, 11) is 2.09. The molecule has 212 valence electrons. The summed E-state index contributed by atoms with van der Waals surface area (Å²) in [5.41, 5.74) is 4.66. The topological polar surface area (TPSA) is 106 Å². The lowest BCUT2D eigenvalue weighted by Crippen LogP contribution is -2.47. The molecule has 0 spiro atoms. The van der Waals surface area contributed by atoms with Gasteiger partial charge in [0.2, 0.25) is 0 Å². The first-order valence-electron chi connectivity index (χ1n) is 13.9. The van der Waals surface area contributed by atoms with Crippen LogP contribution >= 0.6 is 11.6 Å². The van der Waals surface area contributed by atoms with E-state index >= 15 is 0 Å². The van der Waals surface area contributed by atoms with Crippen molar-refractivity contribution >= 4 is 40.6 Å². The Labute approximate surface area is 243 Å². The van der Waals surface area contributed by atoms with Crippen LogP contribution in [-0.4, -0.2) is 96.0 Å². The fourth-order valence-corrected chi connectivity index (χ4v) is 5.97. The molecule has 1 atom stereocenters. The number of nitrogens with one attached hydrogen (secondary N) is 1. The highest BCUT2D eigenvalue weighted by Crippen LogP contribution is 2.36. The molecule has 3 heterocycles. The average Bonchev–Trinajstić information content (AvgIpc) is 3.47. The first-order chi connectivity index (χ1) is 19.8. The third-order valence-electron chi connectivity index (χ3n) is 8.17. The predicted octanol–water partition coefficient (Wildman–Crippen LogP) is 3.11. The van der Waals surface area contributed by atoms with E-state index in [2.05, 4.69) is 27.2 Å². The zero-order chi connectivity index (χ0) is 28.7. The molecule has 1 aliphatic carbocycles. The number of hydrogen-bond donors (Lipinski definition) is 2. The molecule has 41 heavy (non-hydrogen) atoms. The smallest absolute Gasteiger partial charge is 0.261 e. The number of fused-ring (bicyclic) bond motifs is 2. The number of rotatable bonds is 6. The van der Waals surface area contributed by atoms with Crippen LogP contribution in [-0.2, 0) is 11.2 Å². The third kappa shape index (κ3) is 5.50. The van der Waals surface area contributed by atoms with Gasteiger partial charge in [-0.1, -0.05) is 29.8 Å². The molecule has 0 saturated carbocycles. The van der Waals surface area contributed by atoms with Crippen LogP contribution in [0.25, 0.3) is 0 Å². The summed E-state index contributed by atoms with van der Waals surface area (Å²) in [5, 5.41) is 14.5. The molecule has 3 aliphatic heterocycles. The number of piperazine rings is 1. The van der Waals surface area contributed by atoms with Crippen molar-refractivity contribution in [2.45, 2.75) is 18.9 Å². The quantitative estimate of drug-likeness (QED) is 0.404. The molecule has 2 aromatic carbocycles. The fourth-order valence-electron chi connectivity index (χ4n) is 5.77. The number of ketones is 1. The molecule has 0 bridgehead atoms. The van der Waals surface area contributed by atoms with E-state index in [4.69, 9.17) is 11.6 Å². The van der Waals surface area contributed by atoms with Crippen LogP contribution in [0.2, 0.25) is 5.02 Å². The maximum atomic E-state index is 13.2. The molecular weight excluding hydrogens is 542 g/mol. The van der Waals surface area contributed by atoms with Gasteiger partial charge in [-0.15, -0.1) is 0 Å². The van der Waals surface area contributed by atoms with Crippen LogP contribution in [0.15, 0.2) is 64.8 Å². The second kappa shape index (κ2) is 11.3. The van der Waals surface area contributed by atoms with Gasteiger partial charge in [-0.2, -0.15) is 0 Å². The Kier molecular flexibility index (Phi) is 7.61. The minimum atomic E-state index is -0.870. The van der Waals surface area contributed by atoms with Gasteiger partial charge < -0.3 is 15.3 Å². The summed E-state index contributed by atoms with van der Waals surface area (Å²) in [6.45, 7) is 4.90. The Morgan fingerprint density at radius 1 is 1.02 bits per heavy atom. The molecule has 0 aromatic heterocycles. The van der Waals surface area contributed by atoms with Crippen molar-refractivity contribution in [1.29, 1.82) is 0 Å². The average molecular weight is 574 g/mol. The number of anilines is 1. The molecule has 2 aromatic rings. The van der Waals surface area contributed by atoms with Gasteiger partial charge in [0.05, 0.1) is 35.1 Å². The van der Waals surface area contributed by atoms with Gasteiger partial charge in [0.1, 0.15) is 0 Å². The number of aliphatic imine (C=N–C) groups is 1. The first-order valence-corrected chi connectivity index (χ1v) is 14.3. The number of likely N-dealkylation sites (N-methyl/N-ethyl adjacent to an activating group) is 1. The number of amides is 2. The minimum absolute atomic E-state index is 0.0677. The maximum Gasteiger partial charge on any atom is 0.261 e. The Hall–Kier alpha value is -3.63. The van der Waals surface area contributed by atoms with E-state index < -0.39 is 6.10 Å². The molecule has 4 aliphatic rings. The number of aliphatic hydroxyl groups is 1. The highest BCUT2D eigenvalue weighted by molar-refractivity contribution is 6.30. The van der Waals surface area contributed by atoms with Crippen LogP contribution in [0.4, 0.5) is 5.69 Å². The molecule has 1 saturated heterocycles. The molecular formula is C31H32ClN5O4. The van der Waals surface area contributed by atoms with E-state index in [1.165, 1.54) is 4.90 Å². The van der Waals surface area contributed by atoms with Gasteiger partial charge in [0, 0.05) is 68.5 Å². The standard InChI is InChI=1S/C31H32ClN5O4/c1-35-8-10-36(11-9-35)12-13-37-30(40)22-15-20-16-26(34-25(20)17-23(22)31(37)41)29-24(6-3-7-27(29)38)33-18-28(39)19-4-2-5-21(32)14-19/h2-6,14-15,17,28,34,39H,7-13,16,18H2,1H3/t28-/m1/s1. The Balaban J connectivity index is 1.19. The molecule has 10 heteroatoms. The van der Waals surface area contributed by atoms with E-state index in [0.717, 1.165) is 31.7 Å². The normalized spacial score (nSPS) is 22.9. The van der Waals surface area contributed by atoms with Gasteiger partial charge in [0.15, 0.2) is 5.78 Å². The van der Waals surface area contributed by atoms with Crippen LogP contribution in [0.5, 0.6) is 0 Å². The summed E-state index contributed by atoms with van der Waals surface area (Å²) in [4.78, 5) is 50.0. The van der Waals surface area contributed by atoms with E-state index in [0.29, 0.717) is 63.9 Å². The lowest BCUT2D eigenvalue weighted by atomic mass is 9.93. The number of carbonyl (C=O) groups excluding carboxylic acids is 3. The highest BCUT2D eigenvalue weighted by Gasteiger charge is 2.38. The molecule has 0 radical (unpaired) electrons. The summed E-state index contributed by atoms with van der Waals surface area (Å²) >= 11 is 6.06. The van der Waals surface area contributed by atoms with E-state index in [9.17, 15) is 19.5 Å². The lowest BCUT2D eigenvalue weighted by molar-refractivity contribution is -0.114. The van der Waals surface area contributed by atoms with Crippen molar-refractivity contribution < 1.29 is 19.5 Å². The summed E-state index contributed by atoms with van der Waals surface area (Å²) < 4.78 is 0. The van der Waals surface area contributed by atoms with E-state index in [1.807, 2.05) is 0 Å². The Bertz CT molecular complexity index is 1480. The number of benzene rings is 2. The number of Topliss-reactive ketones (excluding diaryl/α,β-unsaturated/α-hetero) is 1. The van der Waals surface area contributed by atoms with Crippen molar-refractivity contribution in [3.63, 3.8) is 0 Å². The van der Waals surface area contributed by atoms with E-state index in [-0.39, 0.29) is 30.6 Å². The molecule has 2 N–H and O–H groups in total. The maximum absolute atomic E-state index is 13.2. The van der Waals surface area contributed by atoms with Crippen molar-refractivity contribution in [2.24, 2.45) is 4.99 Å². The monoisotopic (exact) mass is 573 g/mol. The first kappa shape index (κ1) is 27.5. The highest BCUT2D eigenvalue weighted by atomic mass is 35.5. The van der Waals surface area contributed by atoms with E-state index in [1.54, 1.807) is 48.6 Å². The number of aliphatic hydroxyl groups excluding tert-OH is 1. The number of nitrogens with zero attached hydrogens (tertiary/aromatic N) is 4. The number of halogens is 1. The second-order valence-electron chi connectivity index (χ2n) is 10.9. The van der Waals surface area contributed by atoms with Crippen molar-refractivity contribution in [2.75, 3.05) is 58.2 Å². The molecule has 2 amide bonds. The largest absolute Gasteiger partial charge is 0.386 e. The predicted molar refractivity (Wildman–Crippen MR) is 158 cm³/mol. The number of hydrogen-bond acceptors (Lipinski definition) is 8.